The Bertz CT molecular complexity index is 739. The van der Waals surface area contributed by atoms with Crippen LogP contribution in [0.5, 0.6) is 0 Å². The van der Waals surface area contributed by atoms with E-state index in [4.69, 9.17) is 16.0 Å². The number of aryl methyl sites for hydroxylation is 1. The van der Waals surface area contributed by atoms with Gasteiger partial charge in [-0.25, -0.2) is 12.8 Å². The van der Waals surface area contributed by atoms with Gasteiger partial charge in [0, 0.05) is 6.07 Å². The maximum atomic E-state index is 13.7. The molecule has 1 heterocycles. The number of rotatable bonds is 5. The van der Waals surface area contributed by atoms with Crippen molar-refractivity contribution >= 4 is 27.3 Å². The summed E-state index contributed by atoms with van der Waals surface area (Å²) in [6, 6.07) is 5.31. The van der Waals surface area contributed by atoms with Crippen LogP contribution in [0.1, 0.15) is 11.5 Å². The molecule has 0 aliphatic heterocycles. The van der Waals surface area contributed by atoms with E-state index >= 15 is 0 Å². The molecule has 2 aromatic rings. The molecule has 0 bridgehead atoms. The second-order valence-corrected chi connectivity index (χ2v) is 6.42. The number of hydrogen-bond acceptors (Lipinski definition) is 4. The van der Waals surface area contributed by atoms with Gasteiger partial charge >= 0.3 is 0 Å². The van der Waals surface area contributed by atoms with Crippen molar-refractivity contribution in [2.24, 2.45) is 0 Å². The molecule has 1 aromatic carbocycles. The van der Waals surface area contributed by atoms with Gasteiger partial charge in [0.1, 0.15) is 27.9 Å². The Morgan fingerprint density at radius 3 is 2.71 bits per heavy atom. The lowest BCUT2D eigenvalue weighted by Gasteiger charge is -2.09. The zero-order valence-corrected chi connectivity index (χ0v) is 13.0. The monoisotopic (exact) mass is 332 g/mol. The molecular weight excluding hydrogens is 319 g/mol. The van der Waals surface area contributed by atoms with Crippen molar-refractivity contribution in [3.63, 3.8) is 0 Å². The number of nitrogens with one attached hydrogen (secondary N) is 2. The molecule has 8 heteroatoms. The number of sulfonamides is 1. The quantitative estimate of drug-likeness (QED) is 0.883. The number of hydrogen-bond donors (Lipinski definition) is 2. The first kappa shape index (κ1) is 15.8. The first-order valence-electron chi connectivity index (χ1n) is 6.06. The molecule has 2 N–H and O–H groups in total. The van der Waals surface area contributed by atoms with Crippen LogP contribution in [0.15, 0.2) is 33.6 Å². The number of para-hydroxylation sites is 1. The molecular formula is C13H14ClFN2O3S. The molecule has 0 spiro atoms. The number of furan rings is 1. The molecule has 0 fully saturated rings. The summed E-state index contributed by atoms with van der Waals surface area (Å²) in [6.07, 6.45) is 0. The zero-order chi connectivity index (χ0) is 15.6. The van der Waals surface area contributed by atoms with Gasteiger partial charge in [-0.3, -0.25) is 4.72 Å². The number of benzene rings is 1. The molecule has 0 aliphatic carbocycles. The van der Waals surface area contributed by atoms with E-state index in [1.54, 1.807) is 7.05 Å². The van der Waals surface area contributed by atoms with E-state index in [1.807, 2.05) is 0 Å². The van der Waals surface area contributed by atoms with Crippen LogP contribution in [0.2, 0.25) is 5.02 Å². The predicted octanol–water partition coefficient (Wildman–Crippen LogP) is 2.90. The van der Waals surface area contributed by atoms with Crippen molar-refractivity contribution in [3.05, 3.63) is 46.6 Å². The topological polar surface area (TPSA) is 71.3 Å². The van der Waals surface area contributed by atoms with Gasteiger partial charge in [-0.1, -0.05) is 17.7 Å². The van der Waals surface area contributed by atoms with Crippen molar-refractivity contribution in [1.82, 2.24) is 5.32 Å². The van der Waals surface area contributed by atoms with Crippen molar-refractivity contribution in [1.29, 1.82) is 0 Å². The maximum absolute atomic E-state index is 13.7. The lowest BCUT2D eigenvalue weighted by molar-refractivity contribution is 0.466. The van der Waals surface area contributed by atoms with Crippen LogP contribution in [0.3, 0.4) is 0 Å². The Labute approximate surface area is 127 Å². The Kier molecular flexibility index (Phi) is 4.55. The fourth-order valence-electron chi connectivity index (χ4n) is 1.84. The van der Waals surface area contributed by atoms with Crippen LogP contribution in [0.4, 0.5) is 10.1 Å². The average Bonchev–Trinajstić information content (AvgIpc) is 2.76. The lowest BCUT2D eigenvalue weighted by atomic mass is 10.3. The Balaban J connectivity index is 2.39. The van der Waals surface area contributed by atoms with Gasteiger partial charge in [0.25, 0.3) is 10.0 Å². The van der Waals surface area contributed by atoms with E-state index in [9.17, 15) is 12.8 Å². The summed E-state index contributed by atoms with van der Waals surface area (Å²) in [7, 11) is -2.27. The average molecular weight is 333 g/mol. The van der Waals surface area contributed by atoms with Gasteiger partial charge in [0.2, 0.25) is 0 Å². The SMILES string of the molecule is CNCc1cc(S(=O)(=O)Nc2c(F)cccc2Cl)c(C)o1. The van der Waals surface area contributed by atoms with Gasteiger partial charge in [-0.2, -0.15) is 0 Å². The molecule has 0 atom stereocenters. The first-order valence-corrected chi connectivity index (χ1v) is 7.92. The molecule has 0 unspecified atom stereocenters. The standard InChI is InChI=1S/C13H14ClFN2O3S/c1-8-12(6-9(20-8)7-16-2)21(18,19)17-13-10(14)4-3-5-11(13)15/h3-6,16-17H,7H2,1-2H3. The largest absolute Gasteiger partial charge is 0.464 e. The summed E-state index contributed by atoms with van der Waals surface area (Å²) in [5, 5.41) is 2.84. The summed E-state index contributed by atoms with van der Waals surface area (Å²) in [4.78, 5) is -0.0490. The second-order valence-electron chi connectivity index (χ2n) is 4.37. The minimum absolute atomic E-state index is 0.0184. The molecule has 5 nitrogen and oxygen atoms in total. The minimum Gasteiger partial charge on any atom is -0.464 e. The smallest absolute Gasteiger partial charge is 0.265 e. The molecule has 0 amide bonds. The molecule has 1 aromatic heterocycles. The fourth-order valence-corrected chi connectivity index (χ4v) is 3.40. The van der Waals surface area contributed by atoms with Crippen LogP contribution in [-0.2, 0) is 16.6 Å². The highest BCUT2D eigenvalue weighted by Crippen LogP contribution is 2.29. The molecule has 0 saturated carbocycles. The van der Waals surface area contributed by atoms with Crippen molar-refractivity contribution in [2.45, 2.75) is 18.4 Å². The molecule has 0 aliphatic rings. The van der Waals surface area contributed by atoms with Crippen LogP contribution < -0.4 is 10.0 Å². The van der Waals surface area contributed by atoms with Crippen LogP contribution in [-0.4, -0.2) is 15.5 Å². The highest BCUT2D eigenvalue weighted by Gasteiger charge is 2.23. The van der Waals surface area contributed by atoms with Crippen LogP contribution in [0.25, 0.3) is 0 Å². The third-order valence-electron chi connectivity index (χ3n) is 2.76. The van der Waals surface area contributed by atoms with Crippen LogP contribution in [0, 0.1) is 12.7 Å². The fraction of sp³-hybridized carbons (Fsp3) is 0.231. The molecule has 21 heavy (non-hydrogen) atoms. The Morgan fingerprint density at radius 1 is 1.38 bits per heavy atom. The first-order chi connectivity index (χ1) is 9.85. The highest BCUT2D eigenvalue weighted by atomic mass is 35.5. The summed E-state index contributed by atoms with van der Waals surface area (Å²) in [6.45, 7) is 1.91. The molecule has 2 rings (SSSR count). The van der Waals surface area contributed by atoms with Gasteiger partial charge in [0.15, 0.2) is 0 Å². The van der Waals surface area contributed by atoms with Gasteiger partial charge in [-0.15, -0.1) is 0 Å². The van der Waals surface area contributed by atoms with E-state index in [0.29, 0.717) is 12.3 Å². The van der Waals surface area contributed by atoms with E-state index in [2.05, 4.69) is 10.0 Å². The van der Waals surface area contributed by atoms with Gasteiger partial charge < -0.3 is 9.73 Å². The minimum atomic E-state index is -3.98. The van der Waals surface area contributed by atoms with Gasteiger partial charge in [-0.05, 0) is 26.1 Å². The lowest BCUT2D eigenvalue weighted by Crippen LogP contribution is -2.14. The van der Waals surface area contributed by atoms with E-state index in [-0.39, 0.29) is 21.4 Å². The Hall–Kier alpha value is -1.57. The second kappa shape index (κ2) is 6.05. The number of anilines is 1. The van der Waals surface area contributed by atoms with Crippen LogP contribution >= 0.6 is 11.6 Å². The molecule has 0 radical (unpaired) electrons. The van der Waals surface area contributed by atoms with E-state index in [0.717, 1.165) is 6.07 Å². The number of halogens is 2. The van der Waals surface area contributed by atoms with E-state index < -0.39 is 15.8 Å². The van der Waals surface area contributed by atoms with E-state index in [1.165, 1.54) is 25.1 Å². The maximum Gasteiger partial charge on any atom is 0.265 e. The Morgan fingerprint density at radius 2 is 2.10 bits per heavy atom. The van der Waals surface area contributed by atoms with Crippen molar-refractivity contribution < 1.29 is 17.2 Å². The highest BCUT2D eigenvalue weighted by molar-refractivity contribution is 7.92. The zero-order valence-electron chi connectivity index (χ0n) is 11.4. The van der Waals surface area contributed by atoms with Crippen molar-refractivity contribution in [3.8, 4) is 0 Å². The molecule has 114 valence electrons. The third kappa shape index (κ3) is 3.37. The third-order valence-corrected chi connectivity index (χ3v) is 4.54. The normalized spacial score (nSPS) is 11.6. The summed E-state index contributed by atoms with van der Waals surface area (Å²) >= 11 is 5.82. The summed E-state index contributed by atoms with van der Waals surface area (Å²) < 4.78 is 45.8. The molecule has 0 saturated heterocycles. The summed E-state index contributed by atoms with van der Waals surface area (Å²) in [5.41, 5.74) is -0.282. The predicted molar refractivity (Wildman–Crippen MR) is 78.4 cm³/mol. The summed E-state index contributed by atoms with van der Waals surface area (Å²) in [5.74, 6) is -0.0575. The van der Waals surface area contributed by atoms with Gasteiger partial charge in [0.05, 0.1) is 11.6 Å². The van der Waals surface area contributed by atoms with Crippen molar-refractivity contribution in [2.75, 3.05) is 11.8 Å².